The number of rotatable bonds is 6. The van der Waals surface area contributed by atoms with E-state index in [1.54, 1.807) is 0 Å². The molecule has 0 unspecified atom stereocenters. The molecule has 0 rings (SSSR count). The van der Waals surface area contributed by atoms with Crippen molar-refractivity contribution in [2.45, 2.75) is 19.6 Å². The number of hydrogen-bond acceptors (Lipinski definition) is 3. The highest BCUT2D eigenvalue weighted by Gasteiger charge is 2.29. The van der Waals surface area contributed by atoms with E-state index in [9.17, 15) is 4.79 Å². The Labute approximate surface area is 75.2 Å². The van der Waals surface area contributed by atoms with Crippen LogP contribution in [0.4, 0.5) is 0 Å². The van der Waals surface area contributed by atoms with Crippen molar-refractivity contribution < 1.29 is 14.3 Å². The largest absolute Gasteiger partial charge is 0.343 e. The molecule has 4 heteroatoms. The maximum Gasteiger partial charge on any atom is 0.235 e. The summed E-state index contributed by atoms with van der Waals surface area (Å²) in [7, 11) is 0. The van der Waals surface area contributed by atoms with Gasteiger partial charge in [-0.2, -0.15) is 0 Å². The summed E-state index contributed by atoms with van der Waals surface area (Å²) in [6, 6.07) is 0. The maximum absolute atomic E-state index is 10.6. The van der Waals surface area contributed by atoms with Gasteiger partial charge in [0.05, 0.1) is 5.33 Å². The maximum atomic E-state index is 10.6. The van der Waals surface area contributed by atoms with Gasteiger partial charge in [-0.15, -0.1) is 0 Å². The second-order valence-corrected chi connectivity index (χ2v) is 2.49. The molecule has 0 aromatic carbocycles. The fraction of sp³-hybridized carbons (Fsp3) is 0.857. The first-order valence-electron chi connectivity index (χ1n) is 3.55. The van der Waals surface area contributed by atoms with Crippen LogP contribution in [0, 0.1) is 0 Å². The van der Waals surface area contributed by atoms with Gasteiger partial charge >= 0.3 is 0 Å². The second-order valence-electron chi connectivity index (χ2n) is 1.93. The van der Waals surface area contributed by atoms with Crippen LogP contribution >= 0.6 is 15.9 Å². The zero-order valence-electron chi connectivity index (χ0n) is 6.80. The van der Waals surface area contributed by atoms with Gasteiger partial charge in [-0.25, -0.2) is 0 Å². The molecule has 0 atom stereocenters. The molecule has 0 bridgehead atoms. The number of hydrogen-bond donors (Lipinski definition) is 0. The van der Waals surface area contributed by atoms with E-state index < -0.39 is 5.79 Å². The first-order chi connectivity index (χ1) is 5.24. The topological polar surface area (TPSA) is 35.5 Å². The van der Waals surface area contributed by atoms with Crippen LogP contribution in [-0.2, 0) is 14.3 Å². The van der Waals surface area contributed by atoms with E-state index in [0.29, 0.717) is 24.8 Å². The van der Waals surface area contributed by atoms with Crippen molar-refractivity contribution in [3.8, 4) is 0 Å². The van der Waals surface area contributed by atoms with Crippen LogP contribution in [0.15, 0.2) is 0 Å². The minimum absolute atomic E-state index is 0.366. The van der Waals surface area contributed by atoms with E-state index in [2.05, 4.69) is 15.9 Å². The molecule has 3 nitrogen and oxygen atoms in total. The van der Waals surface area contributed by atoms with Crippen LogP contribution in [-0.4, -0.2) is 30.6 Å². The molecule has 66 valence electrons. The Morgan fingerprint density at radius 1 is 1.36 bits per heavy atom. The summed E-state index contributed by atoms with van der Waals surface area (Å²) in [6.45, 7) is 4.56. The van der Waals surface area contributed by atoms with E-state index in [-0.39, 0.29) is 0 Å². The average Bonchev–Trinajstić information content (AvgIpc) is 2.04. The van der Waals surface area contributed by atoms with Gasteiger partial charge in [-0.05, 0) is 13.8 Å². The molecule has 0 saturated heterocycles. The van der Waals surface area contributed by atoms with Crippen molar-refractivity contribution in [3.05, 3.63) is 0 Å². The molecule has 0 radical (unpaired) electrons. The Morgan fingerprint density at radius 2 is 1.82 bits per heavy atom. The third-order valence-electron chi connectivity index (χ3n) is 1.14. The van der Waals surface area contributed by atoms with Crippen LogP contribution in [0.3, 0.4) is 0 Å². The van der Waals surface area contributed by atoms with Crippen LogP contribution in [0.5, 0.6) is 0 Å². The molecule has 0 spiro atoms. The highest BCUT2D eigenvalue weighted by molar-refractivity contribution is 9.09. The van der Waals surface area contributed by atoms with Crippen molar-refractivity contribution >= 4 is 22.2 Å². The third kappa shape index (κ3) is 3.31. The number of halogens is 1. The molecule has 0 aliphatic rings. The van der Waals surface area contributed by atoms with E-state index in [1.807, 2.05) is 13.8 Å². The van der Waals surface area contributed by atoms with Crippen molar-refractivity contribution in [1.29, 1.82) is 0 Å². The van der Waals surface area contributed by atoms with Gasteiger partial charge in [0.15, 0.2) is 6.29 Å². The van der Waals surface area contributed by atoms with Gasteiger partial charge in [-0.1, -0.05) is 15.9 Å². The first-order valence-corrected chi connectivity index (χ1v) is 4.67. The fourth-order valence-electron chi connectivity index (χ4n) is 0.707. The van der Waals surface area contributed by atoms with E-state index in [4.69, 9.17) is 9.47 Å². The Hall–Kier alpha value is 0.0700. The van der Waals surface area contributed by atoms with Crippen molar-refractivity contribution in [1.82, 2.24) is 0 Å². The standard InChI is InChI=1S/C7H13BrO3/c1-3-10-7(5-8,6-9)11-4-2/h6H,3-5H2,1-2H3. The van der Waals surface area contributed by atoms with Crippen molar-refractivity contribution in [3.63, 3.8) is 0 Å². The number of aldehydes is 1. The molecule has 0 fully saturated rings. The smallest absolute Gasteiger partial charge is 0.235 e. The summed E-state index contributed by atoms with van der Waals surface area (Å²) in [5, 5.41) is 0.366. The molecular weight excluding hydrogens is 212 g/mol. The summed E-state index contributed by atoms with van der Waals surface area (Å²) in [4.78, 5) is 10.6. The van der Waals surface area contributed by atoms with Gasteiger partial charge < -0.3 is 9.47 Å². The van der Waals surface area contributed by atoms with Gasteiger partial charge in [0, 0.05) is 13.2 Å². The van der Waals surface area contributed by atoms with E-state index >= 15 is 0 Å². The van der Waals surface area contributed by atoms with Crippen LogP contribution < -0.4 is 0 Å². The first kappa shape index (κ1) is 11.1. The Balaban J connectivity index is 4.07. The van der Waals surface area contributed by atoms with Crippen LogP contribution in [0.25, 0.3) is 0 Å². The van der Waals surface area contributed by atoms with Gasteiger partial charge in [0.2, 0.25) is 5.79 Å². The summed E-state index contributed by atoms with van der Waals surface area (Å²) in [5.74, 6) is -1.08. The predicted octanol–water partition coefficient (Wildman–Crippen LogP) is 1.35. The molecule has 0 aromatic heterocycles. The summed E-state index contributed by atoms with van der Waals surface area (Å²) >= 11 is 3.15. The lowest BCUT2D eigenvalue weighted by molar-refractivity contribution is -0.202. The SMILES string of the molecule is CCOC(C=O)(CBr)OCC. The average molecular weight is 225 g/mol. The van der Waals surface area contributed by atoms with E-state index in [0.717, 1.165) is 0 Å². The molecule has 0 heterocycles. The molecule has 0 aromatic rings. The quantitative estimate of drug-likeness (QED) is 0.389. The number of alkyl halides is 1. The zero-order chi connectivity index (χ0) is 8.74. The van der Waals surface area contributed by atoms with Crippen LogP contribution in [0.1, 0.15) is 13.8 Å². The summed E-state index contributed by atoms with van der Waals surface area (Å²) < 4.78 is 10.3. The summed E-state index contributed by atoms with van der Waals surface area (Å²) in [5.41, 5.74) is 0. The fourth-order valence-corrected chi connectivity index (χ4v) is 1.16. The lowest BCUT2D eigenvalue weighted by Crippen LogP contribution is -2.39. The highest BCUT2D eigenvalue weighted by Crippen LogP contribution is 2.13. The predicted molar refractivity (Wildman–Crippen MR) is 45.8 cm³/mol. The Bertz CT molecular complexity index is 110. The number of carbonyl (C=O) groups is 1. The summed E-state index contributed by atoms with van der Waals surface area (Å²) in [6.07, 6.45) is 0.675. The lowest BCUT2D eigenvalue weighted by atomic mass is 10.3. The second kappa shape index (κ2) is 5.69. The van der Waals surface area contributed by atoms with E-state index in [1.165, 1.54) is 0 Å². The molecule has 0 aliphatic heterocycles. The minimum atomic E-state index is -1.08. The zero-order valence-corrected chi connectivity index (χ0v) is 8.39. The molecule has 0 amide bonds. The van der Waals surface area contributed by atoms with Gasteiger partial charge in [-0.3, -0.25) is 4.79 Å². The normalized spacial score (nSPS) is 11.5. The van der Waals surface area contributed by atoms with Crippen molar-refractivity contribution in [2.24, 2.45) is 0 Å². The molecular formula is C7H13BrO3. The number of ether oxygens (including phenoxy) is 2. The van der Waals surface area contributed by atoms with Gasteiger partial charge in [0.25, 0.3) is 0 Å². The van der Waals surface area contributed by atoms with Gasteiger partial charge in [0.1, 0.15) is 0 Å². The molecule has 11 heavy (non-hydrogen) atoms. The van der Waals surface area contributed by atoms with Crippen molar-refractivity contribution in [2.75, 3.05) is 18.5 Å². The lowest BCUT2D eigenvalue weighted by Gasteiger charge is -2.24. The molecule has 0 aliphatic carbocycles. The Kier molecular flexibility index (Phi) is 5.72. The molecule has 0 saturated carbocycles. The highest BCUT2D eigenvalue weighted by atomic mass is 79.9. The Morgan fingerprint density at radius 3 is 2.00 bits per heavy atom. The number of carbonyl (C=O) groups excluding carboxylic acids is 1. The monoisotopic (exact) mass is 224 g/mol. The molecule has 0 N–H and O–H groups in total. The minimum Gasteiger partial charge on any atom is -0.343 e. The van der Waals surface area contributed by atoms with Crippen LogP contribution in [0.2, 0.25) is 0 Å². The third-order valence-corrected chi connectivity index (χ3v) is 1.92.